The molecule has 2 heterocycles. The third-order valence-electron chi connectivity index (χ3n) is 3.48. The lowest BCUT2D eigenvalue weighted by molar-refractivity contribution is 0.902. The van der Waals surface area contributed by atoms with Gasteiger partial charge in [0, 0.05) is 27.2 Å². The van der Waals surface area contributed by atoms with Gasteiger partial charge in [-0.2, -0.15) is 0 Å². The molecule has 0 saturated heterocycles. The van der Waals surface area contributed by atoms with Gasteiger partial charge >= 0.3 is 0 Å². The first-order valence-corrected chi connectivity index (χ1v) is 8.32. The number of hydrogen-bond donors (Lipinski definition) is 0. The van der Waals surface area contributed by atoms with Crippen LogP contribution in [0.2, 0.25) is 0 Å². The third-order valence-corrected chi connectivity index (χ3v) is 4.42. The van der Waals surface area contributed by atoms with E-state index in [-0.39, 0.29) is 0 Å². The van der Waals surface area contributed by atoms with Crippen LogP contribution in [-0.2, 0) is 0 Å². The molecule has 3 rings (SSSR count). The van der Waals surface area contributed by atoms with Crippen LogP contribution in [0.4, 0.5) is 0 Å². The van der Waals surface area contributed by atoms with Gasteiger partial charge in [0.2, 0.25) is 4.77 Å². The molecule has 0 aliphatic heterocycles. The van der Waals surface area contributed by atoms with Crippen molar-refractivity contribution >= 4 is 34.8 Å². The van der Waals surface area contributed by atoms with Crippen molar-refractivity contribution in [3.8, 4) is 16.9 Å². The van der Waals surface area contributed by atoms with Crippen LogP contribution >= 0.6 is 34.8 Å². The zero-order valence-electron chi connectivity index (χ0n) is 12.2. The van der Waals surface area contributed by atoms with Crippen LogP contribution in [0.3, 0.4) is 0 Å². The maximum absolute atomic E-state index is 5.54. The number of hydrogen-bond acceptors (Lipinski definition) is 3. The summed E-state index contributed by atoms with van der Waals surface area (Å²) < 4.78 is 3.76. The van der Waals surface area contributed by atoms with Crippen molar-refractivity contribution in [2.45, 2.75) is 13.8 Å². The molecule has 0 amide bonds. The molecule has 110 valence electrons. The van der Waals surface area contributed by atoms with E-state index < -0.39 is 0 Å². The lowest BCUT2D eigenvalue weighted by atomic mass is 10.1. The van der Waals surface area contributed by atoms with E-state index in [1.54, 1.807) is 12.4 Å². The summed E-state index contributed by atoms with van der Waals surface area (Å²) in [6.07, 6.45) is 3.56. The van der Waals surface area contributed by atoms with Crippen molar-refractivity contribution < 1.29 is 0 Å². The van der Waals surface area contributed by atoms with E-state index >= 15 is 0 Å². The highest BCUT2D eigenvalue weighted by molar-refractivity contribution is 14.1. The van der Waals surface area contributed by atoms with Gasteiger partial charge in [0.25, 0.3) is 0 Å². The van der Waals surface area contributed by atoms with Crippen molar-refractivity contribution in [1.29, 1.82) is 0 Å². The summed E-state index contributed by atoms with van der Waals surface area (Å²) in [4.78, 5) is 8.73. The molecule has 0 aliphatic carbocycles. The molecule has 0 unspecified atom stereocenters. The summed E-state index contributed by atoms with van der Waals surface area (Å²) in [6.45, 7) is 4.14. The summed E-state index contributed by atoms with van der Waals surface area (Å²) in [5.74, 6) is 0. The summed E-state index contributed by atoms with van der Waals surface area (Å²) in [5, 5.41) is 0. The number of halogens is 1. The Balaban J connectivity index is 2.20. The van der Waals surface area contributed by atoms with Crippen molar-refractivity contribution in [2.24, 2.45) is 0 Å². The van der Waals surface area contributed by atoms with Crippen LogP contribution < -0.4 is 0 Å². The van der Waals surface area contributed by atoms with Gasteiger partial charge in [-0.15, -0.1) is 0 Å². The lowest BCUT2D eigenvalue weighted by Gasteiger charge is -2.15. The van der Waals surface area contributed by atoms with Gasteiger partial charge in [0.05, 0.1) is 11.4 Å². The van der Waals surface area contributed by atoms with Crippen LogP contribution in [-0.4, -0.2) is 14.5 Å². The first kappa shape index (κ1) is 15.3. The molecule has 0 radical (unpaired) electrons. The summed E-state index contributed by atoms with van der Waals surface area (Å²) >= 11 is 7.85. The molecule has 0 saturated carbocycles. The second-order valence-electron chi connectivity index (χ2n) is 5.07. The summed E-state index contributed by atoms with van der Waals surface area (Å²) in [5.41, 5.74) is 5.15. The fourth-order valence-electron chi connectivity index (χ4n) is 2.38. The SMILES string of the molecule is Cc1ccc(I)cc1-n1c(C)cc(-c2cccnc2)nc1=S. The average molecular weight is 419 g/mol. The predicted molar refractivity (Wildman–Crippen MR) is 99.8 cm³/mol. The smallest absolute Gasteiger partial charge is 0.204 e. The van der Waals surface area contributed by atoms with E-state index in [1.165, 1.54) is 9.13 Å². The highest BCUT2D eigenvalue weighted by Crippen LogP contribution is 2.23. The van der Waals surface area contributed by atoms with E-state index in [4.69, 9.17) is 12.2 Å². The number of aryl methyl sites for hydroxylation is 2. The van der Waals surface area contributed by atoms with E-state index in [0.29, 0.717) is 4.77 Å². The van der Waals surface area contributed by atoms with Gasteiger partial charge in [-0.1, -0.05) is 6.07 Å². The molecule has 5 heteroatoms. The minimum absolute atomic E-state index is 0.559. The molecule has 2 aromatic heterocycles. The molecule has 1 aromatic carbocycles. The van der Waals surface area contributed by atoms with Gasteiger partial charge in [0.1, 0.15) is 0 Å². The van der Waals surface area contributed by atoms with Crippen molar-refractivity contribution in [3.05, 3.63) is 68.4 Å². The molecular weight excluding hydrogens is 405 g/mol. The van der Waals surface area contributed by atoms with Crippen LogP contribution in [0.5, 0.6) is 0 Å². The topological polar surface area (TPSA) is 30.7 Å². The van der Waals surface area contributed by atoms with Gasteiger partial charge in [-0.3, -0.25) is 9.55 Å². The fourth-order valence-corrected chi connectivity index (χ4v) is 3.19. The molecule has 0 atom stereocenters. The second-order valence-corrected chi connectivity index (χ2v) is 6.68. The number of nitrogens with zero attached hydrogens (tertiary/aromatic N) is 3. The normalized spacial score (nSPS) is 10.7. The Kier molecular flexibility index (Phi) is 4.35. The maximum Gasteiger partial charge on any atom is 0.204 e. The third kappa shape index (κ3) is 2.96. The molecule has 0 aliphatic rings. The standard InChI is InChI=1S/C17H14IN3S/c1-11-5-6-14(18)9-16(11)21-12(2)8-15(20-17(21)22)13-4-3-7-19-10-13/h3-10H,1-2H3. The van der Waals surface area contributed by atoms with Crippen molar-refractivity contribution in [1.82, 2.24) is 14.5 Å². The Morgan fingerprint density at radius 1 is 1.14 bits per heavy atom. The maximum atomic E-state index is 5.54. The molecule has 0 fully saturated rings. The number of rotatable bonds is 2. The molecule has 0 spiro atoms. The van der Waals surface area contributed by atoms with Gasteiger partial charge < -0.3 is 0 Å². The van der Waals surface area contributed by atoms with Crippen molar-refractivity contribution in [3.63, 3.8) is 0 Å². The van der Waals surface area contributed by atoms with Crippen LogP contribution in [0.1, 0.15) is 11.3 Å². The van der Waals surface area contributed by atoms with Crippen molar-refractivity contribution in [2.75, 3.05) is 0 Å². The van der Waals surface area contributed by atoms with Crippen LogP contribution in [0, 0.1) is 22.2 Å². The number of aromatic nitrogens is 3. The second kappa shape index (κ2) is 6.26. The summed E-state index contributed by atoms with van der Waals surface area (Å²) in [7, 11) is 0. The number of pyridine rings is 1. The minimum Gasteiger partial charge on any atom is -0.290 e. The Bertz CT molecular complexity index is 888. The Morgan fingerprint density at radius 3 is 2.64 bits per heavy atom. The first-order valence-electron chi connectivity index (χ1n) is 6.84. The van der Waals surface area contributed by atoms with Gasteiger partial charge in [-0.25, -0.2) is 4.98 Å². The van der Waals surface area contributed by atoms with E-state index in [2.05, 4.69) is 64.6 Å². The molecule has 22 heavy (non-hydrogen) atoms. The predicted octanol–water partition coefficient (Wildman–Crippen LogP) is 4.89. The molecule has 0 bridgehead atoms. The minimum atomic E-state index is 0.559. The molecule has 3 aromatic rings. The lowest BCUT2D eigenvalue weighted by Crippen LogP contribution is -2.06. The highest BCUT2D eigenvalue weighted by atomic mass is 127. The fraction of sp³-hybridized carbons (Fsp3) is 0.118. The monoisotopic (exact) mass is 419 g/mol. The number of benzene rings is 1. The Hall–Kier alpha value is -1.60. The van der Waals surface area contributed by atoms with Crippen LogP contribution in [0.25, 0.3) is 16.9 Å². The van der Waals surface area contributed by atoms with E-state index in [1.807, 2.05) is 22.8 Å². The summed E-state index contributed by atoms with van der Waals surface area (Å²) in [6, 6.07) is 12.3. The zero-order chi connectivity index (χ0) is 15.7. The van der Waals surface area contributed by atoms with Gasteiger partial charge in [0.15, 0.2) is 0 Å². The Morgan fingerprint density at radius 2 is 1.95 bits per heavy atom. The Labute approximate surface area is 148 Å². The van der Waals surface area contributed by atoms with Gasteiger partial charge in [-0.05, 0) is 84.6 Å². The molecule has 3 nitrogen and oxygen atoms in total. The zero-order valence-corrected chi connectivity index (χ0v) is 15.2. The van der Waals surface area contributed by atoms with Crippen LogP contribution in [0.15, 0.2) is 48.8 Å². The highest BCUT2D eigenvalue weighted by Gasteiger charge is 2.09. The molecule has 0 N–H and O–H groups in total. The quantitative estimate of drug-likeness (QED) is 0.438. The first-order chi connectivity index (χ1) is 10.6. The van der Waals surface area contributed by atoms with E-state index in [0.717, 1.165) is 22.6 Å². The molecular formula is C17H14IN3S. The largest absolute Gasteiger partial charge is 0.290 e. The van der Waals surface area contributed by atoms with E-state index in [9.17, 15) is 0 Å². The average Bonchev–Trinajstić information content (AvgIpc) is 2.51.